The molecule has 0 bridgehead atoms. The van der Waals surface area contributed by atoms with Crippen LogP contribution in [0.5, 0.6) is 51.7 Å². The molecule has 0 saturated carbocycles. The maximum absolute atomic E-state index is 5.94. The molecule has 3 aromatic carbocycles. The van der Waals surface area contributed by atoms with Crippen molar-refractivity contribution >= 4 is 31.6 Å². The number of methoxy groups -OCH3 is 9. The second-order valence-electron chi connectivity index (χ2n) is 7.40. The number of ether oxygens (including phenoxy) is 9. The third-order valence-electron chi connectivity index (χ3n) is 5.77. The summed E-state index contributed by atoms with van der Waals surface area (Å²) in [6, 6.07) is 11.6. The van der Waals surface area contributed by atoms with Gasteiger partial charge in [-0.05, 0) is 0 Å². The van der Waals surface area contributed by atoms with Crippen LogP contribution in [0.1, 0.15) is 0 Å². The Bertz CT molecular complexity index is 1080. The zero-order valence-corrected chi connectivity index (χ0v) is 26.1. The zero-order valence-electron chi connectivity index (χ0n) is 22.6. The van der Waals surface area contributed by atoms with Crippen molar-refractivity contribution in [3.8, 4) is 51.7 Å². The summed E-state index contributed by atoms with van der Waals surface area (Å²) in [5, 5.41) is 0. The van der Waals surface area contributed by atoms with Crippen LogP contribution in [0.2, 0.25) is 0 Å². The summed E-state index contributed by atoms with van der Waals surface area (Å²) in [6.07, 6.45) is 0. The van der Waals surface area contributed by atoms with E-state index in [9.17, 15) is 0 Å². The molecule has 37 heavy (non-hydrogen) atoms. The average Bonchev–Trinajstić information content (AvgIpc) is 2.95. The van der Waals surface area contributed by atoms with E-state index in [4.69, 9.17) is 42.6 Å². The van der Waals surface area contributed by atoms with Crippen LogP contribution >= 0.6 is 0 Å². The van der Waals surface area contributed by atoms with Crippen LogP contribution in [0, 0.1) is 0 Å². The summed E-state index contributed by atoms with van der Waals surface area (Å²) in [6.45, 7) is 0. The molecule has 0 heterocycles. The predicted molar refractivity (Wildman–Crippen MR) is 143 cm³/mol. The van der Waals surface area contributed by atoms with Crippen molar-refractivity contribution in [1.29, 1.82) is 0 Å². The molecule has 200 valence electrons. The normalized spacial score (nSPS) is 10.5. The van der Waals surface area contributed by atoms with E-state index in [1.54, 1.807) is 64.0 Å². The maximum atomic E-state index is 5.94. The minimum absolute atomic E-state index is 0.501. The zero-order chi connectivity index (χ0) is 27.1. The molecule has 0 radical (unpaired) electrons. The summed E-state index contributed by atoms with van der Waals surface area (Å²) in [5.74, 6) is 4.92. The fourth-order valence-electron chi connectivity index (χ4n) is 4.17. The van der Waals surface area contributed by atoms with Crippen LogP contribution < -0.4 is 52.4 Å². The van der Waals surface area contributed by atoms with Gasteiger partial charge in [0.15, 0.2) is 0 Å². The molecule has 9 nitrogen and oxygen atoms in total. The molecule has 0 spiro atoms. The third-order valence-corrected chi connectivity index (χ3v) is 15.5. The Morgan fingerprint density at radius 1 is 0.324 bits per heavy atom. The van der Waals surface area contributed by atoms with Gasteiger partial charge in [-0.1, -0.05) is 0 Å². The molecule has 0 amide bonds. The van der Waals surface area contributed by atoms with Gasteiger partial charge in [0.05, 0.1) is 0 Å². The Morgan fingerprint density at radius 2 is 0.568 bits per heavy atom. The van der Waals surface area contributed by atoms with E-state index in [-0.39, 0.29) is 0 Å². The van der Waals surface area contributed by atoms with Crippen LogP contribution in [-0.4, -0.2) is 85.7 Å². The summed E-state index contributed by atoms with van der Waals surface area (Å²) in [7, 11) is 14.4. The van der Waals surface area contributed by atoms with E-state index in [1.807, 2.05) is 36.4 Å². The molecule has 0 aliphatic heterocycles. The number of benzene rings is 3. The van der Waals surface area contributed by atoms with Gasteiger partial charge in [0.2, 0.25) is 0 Å². The van der Waals surface area contributed by atoms with E-state index in [0.29, 0.717) is 51.7 Å². The van der Waals surface area contributed by atoms with Crippen LogP contribution in [-0.2, 0) is 0 Å². The van der Waals surface area contributed by atoms with Crippen molar-refractivity contribution < 1.29 is 42.6 Å². The molecule has 3 rings (SSSR count). The number of hydrogen-bond acceptors (Lipinski definition) is 9. The van der Waals surface area contributed by atoms with Gasteiger partial charge < -0.3 is 0 Å². The topological polar surface area (TPSA) is 83.1 Å². The van der Waals surface area contributed by atoms with Gasteiger partial charge in [-0.25, -0.2) is 0 Å². The molecule has 0 fully saturated rings. The Morgan fingerprint density at radius 3 is 0.757 bits per heavy atom. The summed E-state index contributed by atoms with van der Waals surface area (Å²) in [5.41, 5.74) is 0. The fraction of sp³-hybridized carbons (Fsp3) is 0.333. The van der Waals surface area contributed by atoms with E-state index >= 15 is 0 Å². The van der Waals surface area contributed by atoms with Crippen LogP contribution in [0.4, 0.5) is 0 Å². The van der Waals surface area contributed by atoms with Crippen molar-refractivity contribution in [1.82, 2.24) is 0 Å². The molecule has 0 saturated heterocycles. The first-order chi connectivity index (χ1) is 18.0. The molecule has 0 aliphatic rings. The van der Waals surface area contributed by atoms with Gasteiger partial charge in [-0.2, -0.15) is 0 Å². The first-order valence-electron chi connectivity index (χ1n) is 11.2. The van der Waals surface area contributed by atoms with Gasteiger partial charge in [0, 0.05) is 0 Å². The average molecular weight is 711 g/mol. The van der Waals surface area contributed by atoms with Crippen molar-refractivity contribution in [2.75, 3.05) is 64.0 Å². The van der Waals surface area contributed by atoms with Gasteiger partial charge in [-0.15, -0.1) is 0 Å². The standard InChI is InChI=1S/3C9H11O3.Bi/c3*1-10-7-5-4-6-8(11-2)9(7)12-3;/h3*4-5H,1-3H3;. The molecular weight excluding hydrogens is 677 g/mol. The Hall–Kier alpha value is -3.26. The minimum atomic E-state index is -3.41. The fourth-order valence-corrected chi connectivity index (χ4v) is 14.4. The second kappa shape index (κ2) is 12.8. The van der Waals surface area contributed by atoms with Crippen LogP contribution in [0.25, 0.3) is 0 Å². The van der Waals surface area contributed by atoms with Gasteiger partial charge in [-0.3, -0.25) is 0 Å². The summed E-state index contributed by atoms with van der Waals surface area (Å²) >= 11 is -3.41. The van der Waals surface area contributed by atoms with Gasteiger partial charge in [0.25, 0.3) is 0 Å². The van der Waals surface area contributed by atoms with E-state index in [2.05, 4.69) is 0 Å². The van der Waals surface area contributed by atoms with Crippen molar-refractivity contribution in [2.24, 2.45) is 0 Å². The van der Waals surface area contributed by atoms with E-state index in [0.717, 1.165) is 9.81 Å². The Labute approximate surface area is 225 Å². The van der Waals surface area contributed by atoms with E-state index in [1.165, 1.54) is 0 Å². The molecule has 0 aromatic heterocycles. The van der Waals surface area contributed by atoms with Crippen molar-refractivity contribution in [3.05, 3.63) is 36.4 Å². The second-order valence-corrected chi connectivity index (χ2v) is 15.6. The SMILES string of the molecule is COc1cc[c]([Bi]([c]2ccc(OC)c(OC)c2OC)[c]2ccc(OC)c(OC)c2OC)c(OC)c1OC. The van der Waals surface area contributed by atoms with E-state index < -0.39 is 21.8 Å². The third kappa shape index (κ3) is 5.12. The molecule has 0 unspecified atom stereocenters. The van der Waals surface area contributed by atoms with Crippen molar-refractivity contribution in [3.63, 3.8) is 0 Å². The summed E-state index contributed by atoms with van der Waals surface area (Å²) in [4.78, 5) is 0. The van der Waals surface area contributed by atoms with Gasteiger partial charge >= 0.3 is 226 Å². The molecule has 10 heteroatoms. The molecule has 0 aliphatic carbocycles. The predicted octanol–water partition coefficient (Wildman–Crippen LogP) is 2.28. The Balaban J connectivity index is 2.51. The molecular formula is C27H33BiO9. The molecule has 3 aromatic rings. The molecule has 0 atom stereocenters. The first kappa shape index (κ1) is 28.3. The number of hydrogen-bond donors (Lipinski definition) is 0. The first-order valence-corrected chi connectivity index (χ1v) is 16.4. The Kier molecular flexibility index (Phi) is 9.81. The quantitative estimate of drug-likeness (QED) is 0.263. The van der Waals surface area contributed by atoms with Gasteiger partial charge in [0.1, 0.15) is 0 Å². The van der Waals surface area contributed by atoms with Crippen LogP contribution in [0.15, 0.2) is 36.4 Å². The summed E-state index contributed by atoms with van der Waals surface area (Å²) < 4.78 is 54.5. The molecule has 0 N–H and O–H groups in total. The number of rotatable bonds is 12. The monoisotopic (exact) mass is 710 g/mol. The van der Waals surface area contributed by atoms with Crippen molar-refractivity contribution in [2.45, 2.75) is 0 Å². The van der Waals surface area contributed by atoms with Crippen LogP contribution in [0.3, 0.4) is 0 Å².